The Balaban J connectivity index is 1.37. The highest BCUT2D eigenvalue weighted by atomic mass is 32.2. The number of imide groups is 1. The highest BCUT2D eigenvalue weighted by Crippen LogP contribution is 2.42. The van der Waals surface area contributed by atoms with E-state index >= 15 is 0 Å². The fourth-order valence-electron chi connectivity index (χ4n) is 4.62. The molecule has 30 heavy (non-hydrogen) atoms. The molecule has 0 bridgehead atoms. The molecule has 154 valence electrons. The van der Waals surface area contributed by atoms with Gasteiger partial charge in [-0.2, -0.15) is 0 Å². The molecule has 0 saturated carbocycles. The summed E-state index contributed by atoms with van der Waals surface area (Å²) in [4.78, 5) is 41.5. The van der Waals surface area contributed by atoms with Crippen molar-refractivity contribution in [3.63, 3.8) is 0 Å². The summed E-state index contributed by atoms with van der Waals surface area (Å²) in [7, 11) is 0. The number of hydrogen-bond acceptors (Lipinski definition) is 4. The van der Waals surface area contributed by atoms with E-state index in [1.54, 1.807) is 23.1 Å². The number of carbonyl (C=O) groups is 3. The van der Waals surface area contributed by atoms with Crippen molar-refractivity contribution in [1.29, 1.82) is 0 Å². The molecule has 1 aliphatic carbocycles. The molecule has 0 radical (unpaired) electrons. The summed E-state index contributed by atoms with van der Waals surface area (Å²) < 4.78 is 14.3. The first kappa shape index (κ1) is 19.1. The van der Waals surface area contributed by atoms with E-state index in [0.29, 0.717) is 30.7 Å². The standard InChI is InChI=1S/C22H20FN3O3S/c23-17-8-4-2-6-15(17)19-25(11-12-30-19)18(27)13-26-20(28)22(24-21(26)29)10-9-14-5-1-3-7-16(14)22/h1-8,19H,9-13H2,(H,24,29)/t19-,22-/m0/s1. The Hall–Kier alpha value is -2.87. The van der Waals surface area contributed by atoms with Crippen LogP contribution in [0.2, 0.25) is 0 Å². The van der Waals surface area contributed by atoms with Crippen molar-refractivity contribution in [3.8, 4) is 0 Å². The molecule has 2 saturated heterocycles. The van der Waals surface area contributed by atoms with Crippen LogP contribution in [0.25, 0.3) is 0 Å². The number of nitrogens with one attached hydrogen (secondary N) is 1. The third-order valence-corrected chi connectivity index (χ3v) is 7.34. The van der Waals surface area contributed by atoms with Crippen LogP contribution in [0.3, 0.4) is 0 Å². The van der Waals surface area contributed by atoms with Gasteiger partial charge in [-0.1, -0.05) is 42.5 Å². The van der Waals surface area contributed by atoms with Gasteiger partial charge in [-0.3, -0.25) is 14.5 Å². The zero-order valence-electron chi connectivity index (χ0n) is 16.1. The van der Waals surface area contributed by atoms with E-state index in [-0.39, 0.29) is 24.2 Å². The zero-order valence-corrected chi connectivity index (χ0v) is 17.0. The first-order valence-electron chi connectivity index (χ1n) is 9.89. The molecule has 2 heterocycles. The van der Waals surface area contributed by atoms with Gasteiger partial charge in [-0.25, -0.2) is 9.18 Å². The average Bonchev–Trinajstić information content (AvgIpc) is 3.43. The minimum absolute atomic E-state index is 0.347. The lowest BCUT2D eigenvalue weighted by Gasteiger charge is -2.26. The second-order valence-corrected chi connectivity index (χ2v) is 8.90. The number of amides is 4. The summed E-state index contributed by atoms with van der Waals surface area (Å²) >= 11 is 1.48. The van der Waals surface area contributed by atoms with Crippen molar-refractivity contribution in [2.45, 2.75) is 23.8 Å². The predicted molar refractivity (Wildman–Crippen MR) is 110 cm³/mol. The van der Waals surface area contributed by atoms with Crippen LogP contribution in [0, 0.1) is 5.82 Å². The highest BCUT2D eigenvalue weighted by molar-refractivity contribution is 7.99. The smallest absolute Gasteiger partial charge is 0.324 e. The number of thioether (sulfide) groups is 1. The van der Waals surface area contributed by atoms with Crippen LogP contribution in [0.15, 0.2) is 48.5 Å². The van der Waals surface area contributed by atoms with Crippen LogP contribution in [-0.4, -0.2) is 46.5 Å². The average molecular weight is 425 g/mol. The molecule has 5 rings (SSSR count). The van der Waals surface area contributed by atoms with Gasteiger partial charge in [0.15, 0.2) is 0 Å². The number of halogens is 1. The van der Waals surface area contributed by atoms with Crippen LogP contribution < -0.4 is 5.32 Å². The third-order valence-electron chi connectivity index (χ3n) is 6.10. The van der Waals surface area contributed by atoms with E-state index in [1.807, 2.05) is 24.3 Å². The Morgan fingerprint density at radius 3 is 2.77 bits per heavy atom. The quantitative estimate of drug-likeness (QED) is 0.768. The van der Waals surface area contributed by atoms with Gasteiger partial charge in [0, 0.05) is 17.9 Å². The maximum Gasteiger partial charge on any atom is 0.325 e. The minimum Gasteiger partial charge on any atom is -0.324 e. The molecule has 2 fully saturated rings. The molecule has 1 spiro atoms. The molecular weight excluding hydrogens is 405 g/mol. The fourth-order valence-corrected chi connectivity index (χ4v) is 5.92. The Kier molecular flexibility index (Phi) is 4.54. The molecule has 3 aliphatic rings. The van der Waals surface area contributed by atoms with E-state index in [2.05, 4.69) is 5.32 Å². The number of urea groups is 1. The van der Waals surface area contributed by atoms with Gasteiger partial charge in [0.05, 0.1) is 0 Å². The summed E-state index contributed by atoms with van der Waals surface area (Å²) in [6.07, 6.45) is 1.18. The van der Waals surface area contributed by atoms with Crippen molar-refractivity contribution < 1.29 is 18.8 Å². The van der Waals surface area contributed by atoms with Gasteiger partial charge in [-0.05, 0) is 30.0 Å². The van der Waals surface area contributed by atoms with Gasteiger partial charge < -0.3 is 10.2 Å². The molecule has 6 nitrogen and oxygen atoms in total. The number of nitrogens with zero attached hydrogens (tertiary/aromatic N) is 2. The Labute approximate surface area is 177 Å². The van der Waals surface area contributed by atoms with Crippen LogP contribution in [0.5, 0.6) is 0 Å². The van der Waals surface area contributed by atoms with Crippen LogP contribution in [0.1, 0.15) is 28.5 Å². The molecule has 2 aliphatic heterocycles. The monoisotopic (exact) mass is 425 g/mol. The lowest BCUT2D eigenvalue weighted by atomic mass is 9.92. The number of aryl methyl sites for hydroxylation is 1. The molecule has 2 aromatic carbocycles. The molecule has 0 aromatic heterocycles. The first-order chi connectivity index (χ1) is 14.5. The lowest BCUT2D eigenvalue weighted by Crippen LogP contribution is -2.44. The molecule has 2 atom stereocenters. The largest absolute Gasteiger partial charge is 0.325 e. The van der Waals surface area contributed by atoms with Crippen LogP contribution >= 0.6 is 11.8 Å². The highest BCUT2D eigenvalue weighted by Gasteiger charge is 2.55. The summed E-state index contributed by atoms with van der Waals surface area (Å²) in [5, 5.41) is 2.38. The summed E-state index contributed by atoms with van der Waals surface area (Å²) in [5.41, 5.74) is 1.19. The van der Waals surface area contributed by atoms with Crippen LogP contribution in [-0.2, 0) is 21.5 Å². The Bertz CT molecular complexity index is 1060. The van der Waals surface area contributed by atoms with Crippen molar-refractivity contribution in [3.05, 3.63) is 71.0 Å². The molecule has 4 amide bonds. The van der Waals surface area contributed by atoms with E-state index in [0.717, 1.165) is 16.0 Å². The lowest BCUT2D eigenvalue weighted by molar-refractivity contribution is -0.139. The van der Waals surface area contributed by atoms with Gasteiger partial charge in [0.2, 0.25) is 5.91 Å². The SMILES string of the molecule is O=C1N[C@]2(CCc3ccccc32)C(=O)N1CC(=O)N1CCS[C@H]1c1ccccc1F. The Morgan fingerprint density at radius 1 is 1.17 bits per heavy atom. The number of hydrogen-bond donors (Lipinski definition) is 1. The van der Waals surface area contributed by atoms with Crippen molar-refractivity contribution in [1.82, 2.24) is 15.1 Å². The summed E-state index contributed by atoms with van der Waals surface area (Å²) in [5.74, 6) is -0.450. The van der Waals surface area contributed by atoms with Gasteiger partial charge in [-0.15, -0.1) is 11.8 Å². The predicted octanol–water partition coefficient (Wildman–Crippen LogP) is 2.79. The minimum atomic E-state index is -1.08. The second-order valence-electron chi connectivity index (χ2n) is 7.72. The van der Waals surface area contributed by atoms with E-state index in [4.69, 9.17) is 0 Å². The fraction of sp³-hybridized carbons (Fsp3) is 0.318. The van der Waals surface area contributed by atoms with Gasteiger partial charge in [0.25, 0.3) is 5.91 Å². The first-order valence-corrected chi connectivity index (χ1v) is 10.9. The van der Waals surface area contributed by atoms with E-state index in [9.17, 15) is 18.8 Å². The molecule has 2 aromatic rings. The van der Waals surface area contributed by atoms with Crippen molar-refractivity contribution in [2.75, 3.05) is 18.8 Å². The van der Waals surface area contributed by atoms with Crippen molar-refractivity contribution in [2.24, 2.45) is 0 Å². The van der Waals surface area contributed by atoms with E-state index in [1.165, 1.54) is 17.8 Å². The zero-order chi connectivity index (χ0) is 20.9. The molecule has 1 N–H and O–H groups in total. The molecular formula is C22H20FN3O3S. The number of rotatable bonds is 3. The maximum absolute atomic E-state index is 14.3. The van der Waals surface area contributed by atoms with Gasteiger partial charge >= 0.3 is 6.03 Å². The normalized spacial score (nSPS) is 25.2. The second kappa shape index (κ2) is 7.12. The van der Waals surface area contributed by atoms with Crippen LogP contribution in [0.4, 0.5) is 9.18 Å². The summed E-state index contributed by atoms with van der Waals surface area (Å²) in [6.45, 7) is 0.0974. The van der Waals surface area contributed by atoms with Gasteiger partial charge in [0.1, 0.15) is 23.3 Å². The topological polar surface area (TPSA) is 69.7 Å². The number of fused-ring (bicyclic) bond motifs is 2. The number of carbonyl (C=O) groups excluding carboxylic acids is 3. The van der Waals surface area contributed by atoms with E-state index < -0.39 is 16.9 Å². The van der Waals surface area contributed by atoms with Crippen molar-refractivity contribution >= 4 is 29.6 Å². The maximum atomic E-state index is 14.3. The number of benzene rings is 2. The third kappa shape index (κ3) is 2.81. The Morgan fingerprint density at radius 2 is 1.93 bits per heavy atom. The molecule has 0 unspecified atom stereocenters. The molecule has 8 heteroatoms. The summed E-state index contributed by atoms with van der Waals surface area (Å²) in [6, 6.07) is 13.4.